The van der Waals surface area contributed by atoms with Gasteiger partial charge in [-0.15, -0.1) is 0 Å². The Balaban J connectivity index is 1.34. The first-order valence-electron chi connectivity index (χ1n) is 10.2. The van der Waals surface area contributed by atoms with E-state index >= 15 is 0 Å². The monoisotopic (exact) mass is 418 g/mol. The van der Waals surface area contributed by atoms with Crippen LogP contribution in [0.25, 0.3) is 44.5 Å². The molecule has 6 rings (SSSR count). The smallest absolute Gasteiger partial charge is 0.155 e. The van der Waals surface area contributed by atoms with Gasteiger partial charge in [0, 0.05) is 40.5 Å². The number of nitrogens with one attached hydrogen (secondary N) is 2. The summed E-state index contributed by atoms with van der Waals surface area (Å²) in [5.74, 6) is 0.710. The Kier molecular flexibility index (Phi) is 4.35. The minimum atomic E-state index is 0.490. The number of hydrogen-bond acceptors (Lipinski definition) is 5. The molecule has 0 aliphatic heterocycles. The Labute approximate surface area is 183 Å². The average molecular weight is 418 g/mol. The minimum absolute atomic E-state index is 0.490. The summed E-state index contributed by atoms with van der Waals surface area (Å²) in [5.41, 5.74) is 6.40. The Hall–Kier alpha value is -4.52. The first kappa shape index (κ1) is 18.3. The fourth-order valence-corrected chi connectivity index (χ4v) is 3.76. The molecule has 7 heteroatoms. The molecule has 0 saturated heterocycles. The summed E-state index contributed by atoms with van der Waals surface area (Å²) in [6.45, 7) is 0.490. The van der Waals surface area contributed by atoms with Crippen molar-refractivity contribution in [1.29, 1.82) is 0 Å². The van der Waals surface area contributed by atoms with Crippen LogP contribution in [0.5, 0.6) is 5.75 Å². The van der Waals surface area contributed by atoms with Crippen molar-refractivity contribution < 1.29 is 4.74 Å². The molecule has 154 valence electrons. The molecule has 0 radical (unpaired) electrons. The van der Waals surface area contributed by atoms with Crippen molar-refractivity contribution in [3.63, 3.8) is 0 Å². The normalized spacial score (nSPS) is 11.2. The van der Waals surface area contributed by atoms with Gasteiger partial charge in [-0.3, -0.25) is 15.1 Å². The number of H-pyrrole nitrogens is 2. The molecule has 5 aromatic heterocycles. The highest BCUT2D eigenvalue weighted by molar-refractivity contribution is 5.95. The van der Waals surface area contributed by atoms with E-state index in [-0.39, 0.29) is 0 Å². The second-order valence-electron chi connectivity index (χ2n) is 7.52. The first-order chi connectivity index (χ1) is 15.8. The van der Waals surface area contributed by atoms with Crippen molar-refractivity contribution in [3.05, 3.63) is 91.1 Å². The second-order valence-corrected chi connectivity index (χ2v) is 7.52. The van der Waals surface area contributed by atoms with Gasteiger partial charge < -0.3 is 9.72 Å². The van der Waals surface area contributed by atoms with Crippen LogP contribution in [0.2, 0.25) is 0 Å². The quantitative estimate of drug-likeness (QED) is 0.404. The van der Waals surface area contributed by atoms with Crippen molar-refractivity contribution in [2.75, 3.05) is 0 Å². The summed E-state index contributed by atoms with van der Waals surface area (Å²) < 4.78 is 5.94. The third kappa shape index (κ3) is 3.35. The van der Waals surface area contributed by atoms with Crippen molar-refractivity contribution in [2.45, 2.75) is 6.61 Å². The molecule has 0 atom stereocenters. The lowest BCUT2D eigenvalue weighted by Crippen LogP contribution is -1.96. The van der Waals surface area contributed by atoms with Gasteiger partial charge in [-0.2, -0.15) is 5.10 Å². The predicted octanol–water partition coefficient (Wildman–Crippen LogP) is 5.14. The van der Waals surface area contributed by atoms with Crippen molar-refractivity contribution >= 4 is 21.9 Å². The molecular weight excluding hydrogens is 400 g/mol. The summed E-state index contributed by atoms with van der Waals surface area (Å²) in [4.78, 5) is 16.5. The molecule has 7 nitrogen and oxygen atoms in total. The summed E-state index contributed by atoms with van der Waals surface area (Å²) in [7, 11) is 0. The number of benzene rings is 1. The lowest BCUT2D eigenvalue weighted by atomic mass is 10.1. The van der Waals surface area contributed by atoms with Crippen LogP contribution in [0.3, 0.4) is 0 Å². The van der Waals surface area contributed by atoms with E-state index in [1.807, 2.05) is 61.1 Å². The van der Waals surface area contributed by atoms with Gasteiger partial charge in [0.05, 0.1) is 23.6 Å². The van der Waals surface area contributed by atoms with E-state index in [0.29, 0.717) is 12.4 Å². The van der Waals surface area contributed by atoms with Crippen LogP contribution in [0, 0.1) is 0 Å². The average Bonchev–Trinajstić information content (AvgIpc) is 3.47. The molecule has 0 aliphatic rings. The van der Waals surface area contributed by atoms with E-state index in [1.165, 1.54) is 0 Å². The lowest BCUT2D eigenvalue weighted by molar-refractivity contribution is 0.305. The zero-order chi connectivity index (χ0) is 21.3. The Morgan fingerprint density at radius 1 is 0.844 bits per heavy atom. The van der Waals surface area contributed by atoms with E-state index in [0.717, 1.165) is 50.0 Å². The molecule has 6 aromatic rings. The Morgan fingerprint density at radius 3 is 2.66 bits per heavy atom. The number of aromatic nitrogens is 6. The number of nitrogens with zero attached hydrogens (tertiary/aromatic N) is 4. The van der Waals surface area contributed by atoms with Gasteiger partial charge in [0.1, 0.15) is 18.1 Å². The van der Waals surface area contributed by atoms with Gasteiger partial charge >= 0.3 is 0 Å². The molecule has 0 bridgehead atoms. The number of hydrogen-bond donors (Lipinski definition) is 2. The van der Waals surface area contributed by atoms with Crippen LogP contribution in [0.1, 0.15) is 5.56 Å². The number of aromatic amines is 2. The van der Waals surface area contributed by atoms with Gasteiger partial charge in [-0.05, 0) is 29.8 Å². The molecule has 32 heavy (non-hydrogen) atoms. The maximum atomic E-state index is 5.94. The Morgan fingerprint density at radius 2 is 1.75 bits per heavy atom. The fourth-order valence-electron chi connectivity index (χ4n) is 3.76. The molecule has 0 unspecified atom stereocenters. The van der Waals surface area contributed by atoms with Crippen LogP contribution in [0.15, 0.2) is 85.6 Å². The van der Waals surface area contributed by atoms with Crippen LogP contribution in [-0.4, -0.2) is 30.1 Å². The van der Waals surface area contributed by atoms with Crippen LogP contribution < -0.4 is 4.74 Å². The van der Waals surface area contributed by atoms with Gasteiger partial charge in [0.15, 0.2) is 5.65 Å². The summed E-state index contributed by atoms with van der Waals surface area (Å²) in [6.07, 6.45) is 8.94. The molecule has 5 heterocycles. The molecular formula is C25H18N6O. The summed E-state index contributed by atoms with van der Waals surface area (Å²) >= 11 is 0. The van der Waals surface area contributed by atoms with Crippen molar-refractivity contribution in [2.24, 2.45) is 0 Å². The highest BCUT2D eigenvalue weighted by atomic mass is 16.5. The number of rotatable bonds is 5. The van der Waals surface area contributed by atoms with E-state index in [9.17, 15) is 0 Å². The van der Waals surface area contributed by atoms with E-state index < -0.39 is 0 Å². The third-order valence-electron chi connectivity index (χ3n) is 5.39. The zero-order valence-corrected chi connectivity index (χ0v) is 17.0. The van der Waals surface area contributed by atoms with E-state index in [2.05, 4.69) is 42.3 Å². The topological polar surface area (TPSA) is 92.4 Å². The SMILES string of the molecule is c1ccc(COc2cncc(-c3cnc4[nH]nc(-c5cc6ccncc6[nH]5)c4c3)c2)cc1. The summed E-state index contributed by atoms with van der Waals surface area (Å²) in [5, 5.41) is 9.53. The van der Waals surface area contributed by atoms with Gasteiger partial charge in [-0.1, -0.05) is 30.3 Å². The largest absolute Gasteiger partial charge is 0.487 e. The molecule has 0 saturated carbocycles. The second kappa shape index (κ2) is 7.63. The standard InChI is InChI=1S/C25H18N6O/c1-2-4-16(5-3-1)15-32-20-8-18(11-27-13-20)19-9-21-24(30-31-25(21)28-12-19)22-10-17-6-7-26-14-23(17)29-22/h1-14,29H,15H2,(H,28,30,31). The van der Waals surface area contributed by atoms with Gasteiger partial charge in [0.25, 0.3) is 0 Å². The van der Waals surface area contributed by atoms with Crippen LogP contribution >= 0.6 is 0 Å². The third-order valence-corrected chi connectivity index (χ3v) is 5.39. The van der Waals surface area contributed by atoms with Gasteiger partial charge in [0.2, 0.25) is 0 Å². The predicted molar refractivity (Wildman–Crippen MR) is 123 cm³/mol. The molecule has 1 aromatic carbocycles. The highest BCUT2D eigenvalue weighted by Gasteiger charge is 2.13. The van der Waals surface area contributed by atoms with Crippen LogP contribution in [-0.2, 0) is 6.61 Å². The lowest BCUT2D eigenvalue weighted by Gasteiger charge is -2.08. The molecule has 0 spiro atoms. The highest BCUT2D eigenvalue weighted by Crippen LogP contribution is 2.31. The Bertz CT molecular complexity index is 1500. The molecule has 0 fully saturated rings. The molecule has 0 aliphatic carbocycles. The number of pyridine rings is 3. The van der Waals surface area contributed by atoms with E-state index in [1.54, 1.807) is 12.4 Å². The zero-order valence-electron chi connectivity index (χ0n) is 17.0. The summed E-state index contributed by atoms with van der Waals surface area (Å²) in [6, 6.07) is 18.2. The minimum Gasteiger partial charge on any atom is -0.487 e. The number of ether oxygens (including phenoxy) is 1. The first-order valence-corrected chi connectivity index (χ1v) is 10.2. The maximum absolute atomic E-state index is 5.94. The molecule has 2 N–H and O–H groups in total. The van der Waals surface area contributed by atoms with Crippen molar-refractivity contribution in [1.82, 2.24) is 30.1 Å². The fraction of sp³-hybridized carbons (Fsp3) is 0.0400. The van der Waals surface area contributed by atoms with Gasteiger partial charge in [-0.25, -0.2) is 4.98 Å². The number of fused-ring (bicyclic) bond motifs is 2. The van der Waals surface area contributed by atoms with Crippen LogP contribution in [0.4, 0.5) is 0 Å². The van der Waals surface area contributed by atoms with Crippen molar-refractivity contribution in [3.8, 4) is 28.3 Å². The van der Waals surface area contributed by atoms with E-state index in [4.69, 9.17) is 4.74 Å². The maximum Gasteiger partial charge on any atom is 0.155 e. The molecule has 0 amide bonds.